The van der Waals surface area contributed by atoms with E-state index in [9.17, 15) is 9.59 Å². The summed E-state index contributed by atoms with van der Waals surface area (Å²) in [5.74, 6) is 0.756. The Labute approximate surface area is 171 Å². The average molecular weight is 396 g/mol. The van der Waals surface area contributed by atoms with Gasteiger partial charge in [-0.3, -0.25) is 14.3 Å². The lowest BCUT2D eigenvalue weighted by Gasteiger charge is -2.37. The lowest BCUT2D eigenvalue weighted by molar-refractivity contribution is -0.121. The Kier molecular flexibility index (Phi) is 5.41. The fourth-order valence-corrected chi connectivity index (χ4v) is 4.83. The molecule has 2 aromatic rings. The van der Waals surface area contributed by atoms with Gasteiger partial charge in [-0.1, -0.05) is 30.3 Å². The van der Waals surface area contributed by atoms with Crippen LogP contribution in [-0.4, -0.2) is 58.8 Å². The van der Waals surface area contributed by atoms with E-state index in [-0.39, 0.29) is 24.0 Å². The van der Waals surface area contributed by atoms with Gasteiger partial charge in [0.2, 0.25) is 5.91 Å². The molecular weight excluding hydrogens is 368 g/mol. The summed E-state index contributed by atoms with van der Waals surface area (Å²) in [5.41, 5.74) is 2.40. The summed E-state index contributed by atoms with van der Waals surface area (Å²) in [6.45, 7) is 2.97. The molecule has 1 aliphatic heterocycles. The average Bonchev–Trinajstić information content (AvgIpc) is 3.30. The zero-order valence-corrected chi connectivity index (χ0v) is 17.2. The fraction of sp³-hybridized carbons (Fsp3) is 0.500. The predicted octanol–water partition coefficient (Wildman–Crippen LogP) is 2.09. The van der Waals surface area contributed by atoms with Gasteiger partial charge in [0, 0.05) is 39.7 Å². The normalized spacial score (nSPS) is 26.2. The van der Waals surface area contributed by atoms with Crippen molar-refractivity contribution in [3.8, 4) is 11.3 Å². The summed E-state index contributed by atoms with van der Waals surface area (Å²) in [4.78, 5) is 26.7. The van der Waals surface area contributed by atoms with E-state index in [1.54, 1.807) is 11.8 Å². The fourth-order valence-electron chi connectivity index (χ4n) is 4.83. The third-order valence-corrected chi connectivity index (χ3v) is 6.26. The van der Waals surface area contributed by atoms with Gasteiger partial charge in [0.1, 0.15) is 5.69 Å². The molecule has 0 spiro atoms. The number of hydrogen-bond donors (Lipinski definition) is 1. The lowest BCUT2D eigenvalue weighted by atomic mass is 9.77. The van der Waals surface area contributed by atoms with E-state index in [0.717, 1.165) is 30.6 Å². The van der Waals surface area contributed by atoms with Crippen LogP contribution < -0.4 is 5.32 Å². The van der Waals surface area contributed by atoms with Gasteiger partial charge < -0.3 is 15.0 Å². The number of nitrogens with zero attached hydrogens (tertiary/aromatic N) is 3. The first-order valence-corrected chi connectivity index (χ1v) is 10.1. The van der Waals surface area contributed by atoms with E-state index >= 15 is 0 Å². The van der Waals surface area contributed by atoms with Gasteiger partial charge in [-0.15, -0.1) is 0 Å². The highest BCUT2D eigenvalue weighted by Gasteiger charge is 2.44. The van der Waals surface area contributed by atoms with Gasteiger partial charge in [0.15, 0.2) is 0 Å². The van der Waals surface area contributed by atoms with Crippen molar-refractivity contribution in [1.29, 1.82) is 0 Å². The number of fused-ring (bicyclic) bond motifs is 1. The number of carbonyl (C=O) groups is 2. The van der Waals surface area contributed by atoms with E-state index in [0.29, 0.717) is 24.1 Å². The molecule has 0 radical (unpaired) electrons. The number of ether oxygens (including phenoxy) is 1. The first-order valence-electron chi connectivity index (χ1n) is 10.1. The standard InChI is InChI=1S/C22H28N4O3/c1-14(27)23-19-9-16-12-26(13-17(16)10-21(19)29-3)22(28)20-11-18(24-25(20)2)15-7-5-4-6-8-15/h4-8,11,16-17,19,21H,9-10,12-13H2,1-3H3,(H,23,27)/t16-,17+,19-,21-/m1/s1. The smallest absolute Gasteiger partial charge is 0.272 e. The van der Waals surface area contributed by atoms with E-state index < -0.39 is 0 Å². The SMILES string of the molecule is CO[C@@H]1C[C@H]2CN(C(=O)c3cc(-c4ccccc4)nn3C)C[C@H]2C[C@H]1NC(C)=O. The van der Waals surface area contributed by atoms with Gasteiger partial charge in [-0.05, 0) is 30.7 Å². The Hall–Kier alpha value is -2.67. The molecule has 4 rings (SSSR count). The Morgan fingerprint density at radius 3 is 2.48 bits per heavy atom. The number of carbonyl (C=O) groups excluding carboxylic acids is 2. The number of aromatic nitrogens is 2. The molecule has 0 unspecified atom stereocenters. The predicted molar refractivity (Wildman–Crippen MR) is 109 cm³/mol. The molecule has 7 heteroatoms. The molecule has 2 fully saturated rings. The van der Waals surface area contributed by atoms with Crippen LogP contribution in [0.3, 0.4) is 0 Å². The highest BCUT2D eigenvalue weighted by molar-refractivity contribution is 5.94. The minimum absolute atomic E-state index is 0.00316. The summed E-state index contributed by atoms with van der Waals surface area (Å²) in [6.07, 6.45) is 1.69. The lowest BCUT2D eigenvalue weighted by Crippen LogP contribution is -2.49. The molecule has 2 heterocycles. The molecule has 7 nitrogen and oxygen atoms in total. The monoisotopic (exact) mass is 396 g/mol. The van der Waals surface area contributed by atoms with Crippen LogP contribution >= 0.6 is 0 Å². The van der Waals surface area contributed by atoms with Crippen molar-refractivity contribution in [2.75, 3.05) is 20.2 Å². The minimum Gasteiger partial charge on any atom is -0.379 e. The number of rotatable bonds is 4. The molecule has 1 aliphatic carbocycles. The van der Waals surface area contributed by atoms with Gasteiger partial charge in [0.25, 0.3) is 5.91 Å². The number of methoxy groups -OCH3 is 1. The molecular formula is C22H28N4O3. The molecule has 4 atom stereocenters. The first kappa shape index (κ1) is 19.6. The number of aryl methyl sites for hydroxylation is 1. The molecule has 1 N–H and O–H groups in total. The summed E-state index contributed by atoms with van der Waals surface area (Å²) in [5, 5.41) is 7.56. The highest BCUT2D eigenvalue weighted by atomic mass is 16.5. The van der Waals surface area contributed by atoms with Crippen LogP contribution in [-0.2, 0) is 16.6 Å². The quantitative estimate of drug-likeness (QED) is 0.859. The molecule has 29 heavy (non-hydrogen) atoms. The molecule has 2 amide bonds. The van der Waals surface area contributed by atoms with Gasteiger partial charge in [-0.2, -0.15) is 5.10 Å². The van der Waals surface area contributed by atoms with E-state index in [1.807, 2.05) is 48.3 Å². The summed E-state index contributed by atoms with van der Waals surface area (Å²) >= 11 is 0. The van der Waals surface area contributed by atoms with Crippen molar-refractivity contribution in [1.82, 2.24) is 20.0 Å². The second kappa shape index (κ2) is 7.99. The van der Waals surface area contributed by atoms with Gasteiger partial charge in [-0.25, -0.2) is 0 Å². The maximum Gasteiger partial charge on any atom is 0.272 e. The van der Waals surface area contributed by atoms with Crippen LogP contribution in [0.1, 0.15) is 30.3 Å². The second-order valence-electron chi connectivity index (χ2n) is 8.19. The van der Waals surface area contributed by atoms with Crippen LogP contribution in [0.2, 0.25) is 0 Å². The molecule has 2 aliphatic rings. The Bertz CT molecular complexity index is 895. The van der Waals surface area contributed by atoms with Crippen LogP contribution in [0, 0.1) is 11.8 Å². The highest BCUT2D eigenvalue weighted by Crippen LogP contribution is 2.38. The Morgan fingerprint density at radius 2 is 1.83 bits per heavy atom. The molecule has 154 valence electrons. The third-order valence-electron chi connectivity index (χ3n) is 6.26. The van der Waals surface area contributed by atoms with Crippen molar-refractivity contribution >= 4 is 11.8 Å². The number of likely N-dealkylation sites (tertiary alicyclic amines) is 1. The maximum atomic E-state index is 13.2. The topological polar surface area (TPSA) is 76.5 Å². The second-order valence-corrected chi connectivity index (χ2v) is 8.19. The summed E-state index contributed by atoms with van der Waals surface area (Å²) in [7, 11) is 3.51. The van der Waals surface area contributed by atoms with E-state index in [1.165, 1.54) is 6.92 Å². The van der Waals surface area contributed by atoms with E-state index in [4.69, 9.17) is 4.74 Å². The molecule has 1 saturated carbocycles. The molecule has 1 aromatic heterocycles. The Balaban J connectivity index is 1.49. The van der Waals surface area contributed by atoms with Crippen molar-refractivity contribution in [3.05, 3.63) is 42.1 Å². The Morgan fingerprint density at radius 1 is 1.14 bits per heavy atom. The van der Waals surface area contributed by atoms with Crippen LogP contribution in [0.25, 0.3) is 11.3 Å². The van der Waals surface area contributed by atoms with Crippen molar-refractivity contribution in [3.63, 3.8) is 0 Å². The number of benzene rings is 1. The van der Waals surface area contributed by atoms with Gasteiger partial charge in [0.05, 0.1) is 17.8 Å². The summed E-state index contributed by atoms with van der Waals surface area (Å²) < 4.78 is 7.30. The maximum absolute atomic E-state index is 13.2. The summed E-state index contributed by atoms with van der Waals surface area (Å²) in [6, 6.07) is 11.8. The van der Waals surface area contributed by atoms with E-state index in [2.05, 4.69) is 10.4 Å². The molecule has 0 bridgehead atoms. The molecule has 1 aromatic carbocycles. The minimum atomic E-state index is -0.0373. The van der Waals surface area contributed by atoms with Crippen molar-refractivity contribution in [2.45, 2.75) is 31.9 Å². The first-order chi connectivity index (χ1) is 14.0. The van der Waals surface area contributed by atoms with Crippen LogP contribution in [0.5, 0.6) is 0 Å². The van der Waals surface area contributed by atoms with Crippen LogP contribution in [0.15, 0.2) is 36.4 Å². The molecule has 1 saturated heterocycles. The zero-order valence-electron chi connectivity index (χ0n) is 17.2. The number of amides is 2. The van der Waals surface area contributed by atoms with Crippen molar-refractivity contribution in [2.24, 2.45) is 18.9 Å². The largest absolute Gasteiger partial charge is 0.379 e. The zero-order chi connectivity index (χ0) is 20.5. The number of nitrogens with one attached hydrogen (secondary N) is 1. The van der Waals surface area contributed by atoms with Gasteiger partial charge >= 0.3 is 0 Å². The van der Waals surface area contributed by atoms with Crippen LogP contribution in [0.4, 0.5) is 0 Å². The number of hydrogen-bond acceptors (Lipinski definition) is 4. The van der Waals surface area contributed by atoms with Crippen molar-refractivity contribution < 1.29 is 14.3 Å². The third kappa shape index (κ3) is 3.92.